The zero-order chi connectivity index (χ0) is 20.1. The van der Waals surface area contributed by atoms with Gasteiger partial charge < -0.3 is 19.5 Å². The number of hydrogen-bond acceptors (Lipinski definition) is 6. The summed E-state index contributed by atoms with van der Waals surface area (Å²) in [5, 5.41) is 7.39. The molecule has 1 heterocycles. The lowest BCUT2D eigenvalue weighted by Gasteiger charge is -2.15. The number of para-hydroxylation sites is 1. The van der Waals surface area contributed by atoms with Crippen LogP contribution in [0.1, 0.15) is 5.56 Å². The van der Waals surface area contributed by atoms with Gasteiger partial charge in [-0.15, -0.1) is 0 Å². The van der Waals surface area contributed by atoms with Crippen LogP contribution in [-0.4, -0.2) is 31.1 Å². The van der Waals surface area contributed by atoms with Gasteiger partial charge in [-0.3, -0.25) is 4.79 Å². The highest BCUT2D eigenvalue weighted by Gasteiger charge is 2.14. The Balaban J connectivity index is 1.88. The summed E-state index contributed by atoms with van der Waals surface area (Å²) in [6.45, 7) is 0.347. The van der Waals surface area contributed by atoms with E-state index in [2.05, 4.69) is 10.4 Å². The van der Waals surface area contributed by atoms with Crippen molar-refractivity contribution < 1.29 is 14.2 Å². The van der Waals surface area contributed by atoms with Gasteiger partial charge in [-0.1, -0.05) is 29.8 Å². The molecular formula is C20H20ClN3O4. The normalized spacial score (nSPS) is 10.4. The molecule has 3 aromatic rings. The lowest BCUT2D eigenvalue weighted by Crippen LogP contribution is -2.22. The van der Waals surface area contributed by atoms with Crippen molar-refractivity contribution in [2.45, 2.75) is 6.54 Å². The molecule has 2 aromatic carbocycles. The molecule has 3 rings (SSSR count). The summed E-state index contributed by atoms with van der Waals surface area (Å²) < 4.78 is 17.3. The highest BCUT2D eigenvalue weighted by atomic mass is 35.5. The fourth-order valence-corrected chi connectivity index (χ4v) is 2.93. The van der Waals surface area contributed by atoms with Crippen LogP contribution in [0.3, 0.4) is 0 Å². The number of nitrogens with one attached hydrogen (secondary N) is 1. The average molecular weight is 402 g/mol. The van der Waals surface area contributed by atoms with Crippen molar-refractivity contribution in [1.82, 2.24) is 9.78 Å². The minimum absolute atomic E-state index is 0.0540. The van der Waals surface area contributed by atoms with E-state index >= 15 is 0 Å². The average Bonchev–Trinajstić information content (AvgIpc) is 2.74. The van der Waals surface area contributed by atoms with Crippen molar-refractivity contribution in [1.29, 1.82) is 0 Å². The van der Waals surface area contributed by atoms with E-state index in [0.717, 1.165) is 5.56 Å². The van der Waals surface area contributed by atoms with Crippen LogP contribution >= 0.6 is 11.6 Å². The molecular weight excluding hydrogens is 382 g/mol. The van der Waals surface area contributed by atoms with Gasteiger partial charge in [0.25, 0.3) is 5.56 Å². The smallest absolute Gasteiger partial charge is 0.292 e. The third kappa shape index (κ3) is 3.89. The van der Waals surface area contributed by atoms with Crippen molar-refractivity contribution in [2.24, 2.45) is 0 Å². The fraction of sp³-hybridized carbons (Fsp3) is 0.200. The van der Waals surface area contributed by atoms with E-state index < -0.39 is 5.56 Å². The van der Waals surface area contributed by atoms with E-state index in [9.17, 15) is 4.79 Å². The number of hydrogen-bond donors (Lipinski definition) is 1. The number of ether oxygens (including phenoxy) is 3. The van der Waals surface area contributed by atoms with Crippen molar-refractivity contribution in [3.63, 3.8) is 0 Å². The van der Waals surface area contributed by atoms with Crippen LogP contribution in [0.15, 0.2) is 53.5 Å². The number of halogens is 1. The Bertz CT molecular complexity index is 1020. The molecule has 0 aliphatic carbocycles. The Kier molecular flexibility index (Phi) is 6.06. The second kappa shape index (κ2) is 8.67. The van der Waals surface area contributed by atoms with E-state index in [1.165, 1.54) is 10.9 Å². The van der Waals surface area contributed by atoms with Crippen molar-refractivity contribution in [3.05, 3.63) is 69.6 Å². The van der Waals surface area contributed by atoms with Crippen LogP contribution < -0.4 is 25.1 Å². The molecule has 8 heteroatoms. The van der Waals surface area contributed by atoms with E-state index in [1.54, 1.807) is 45.6 Å². The minimum Gasteiger partial charge on any atom is -0.496 e. The van der Waals surface area contributed by atoms with Gasteiger partial charge in [-0.2, -0.15) is 9.78 Å². The Morgan fingerprint density at radius 3 is 2.29 bits per heavy atom. The lowest BCUT2D eigenvalue weighted by molar-refractivity contribution is 0.347. The summed E-state index contributed by atoms with van der Waals surface area (Å²) in [5.41, 5.74) is 1.47. The summed E-state index contributed by atoms with van der Waals surface area (Å²) in [4.78, 5) is 12.6. The molecule has 146 valence electrons. The van der Waals surface area contributed by atoms with Crippen molar-refractivity contribution in [3.8, 4) is 22.9 Å². The van der Waals surface area contributed by atoms with Gasteiger partial charge in [0, 0.05) is 18.2 Å². The quantitative estimate of drug-likeness (QED) is 0.652. The minimum atomic E-state index is -0.405. The third-order valence-electron chi connectivity index (χ3n) is 4.18. The maximum absolute atomic E-state index is 12.6. The SMILES string of the molecule is COc1cc(OC)c(OC)cc1CNc1cnn(-c2ccccc2)c(=O)c1Cl. The summed E-state index contributed by atoms with van der Waals surface area (Å²) in [5.74, 6) is 1.75. The second-order valence-corrected chi connectivity index (χ2v) is 6.18. The molecule has 0 spiro atoms. The predicted molar refractivity (Wildman–Crippen MR) is 108 cm³/mol. The van der Waals surface area contributed by atoms with Crippen LogP contribution in [0, 0.1) is 0 Å². The molecule has 28 heavy (non-hydrogen) atoms. The van der Waals surface area contributed by atoms with E-state index in [1.807, 2.05) is 18.2 Å². The number of nitrogens with zero attached hydrogens (tertiary/aromatic N) is 2. The van der Waals surface area contributed by atoms with E-state index in [-0.39, 0.29) is 5.02 Å². The number of rotatable bonds is 7. The standard InChI is InChI=1S/C20H20ClN3O4/c1-26-16-10-18(28-3)17(27-2)9-13(16)11-22-15-12-23-24(20(25)19(15)21)14-7-5-4-6-8-14/h4-10,12,22H,11H2,1-3H3. The number of benzene rings is 2. The van der Waals surface area contributed by atoms with Crippen LogP contribution in [0.4, 0.5) is 5.69 Å². The molecule has 0 radical (unpaired) electrons. The Hall–Kier alpha value is -3.19. The van der Waals surface area contributed by atoms with Crippen LogP contribution in [-0.2, 0) is 6.54 Å². The zero-order valence-corrected chi connectivity index (χ0v) is 16.5. The number of aromatic nitrogens is 2. The van der Waals surface area contributed by atoms with Gasteiger partial charge in [0.15, 0.2) is 11.5 Å². The maximum atomic E-state index is 12.6. The van der Waals surface area contributed by atoms with E-state index in [0.29, 0.717) is 35.2 Å². The Morgan fingerprint density at radius 2 is 1.64 bits per heavy atom. The number of methoxy groups -OCH3 is 3. The van der Waals surface area contributed by atoms with Gasteiger partial charge in [-0.25, -0.2) is 0 Å². The van der Waals surface area contributed by atoms with Crippen LogP contribution in [0.2, 0.25) is 5.02 Å². The Labute approximate surface area is 167 Å². The maximum Gasteiger partial charge on any atom is 0.292 e. The Morgan fingerprint density at radius 1 is 1.00 bits per heavy atom. The highest BCUT2D eigenvalue weighted by molar-refractivity contribution is 6.32. The van der Waals surface area contributed by atoms with Crippen LogP contribution in [0.5, 0.6) is 17.2 Å². The zero-order valence-electron chi connectivity index (χ0n) is 15.7. The molecule has 7 nitrogen and oxygen atoms in total. The molecule has 1 N–H and O–H groups in total. The van der Waals surface area contributed by atoms with E-state index in [4.69, 9.17) is 25.8 Å². The highest BCUT2D eigenvalue weighted by Crippen LogP contribution is 2.35. The van der Waals surface area contributed by atoms with Gasteiger partial charge >= 0.3 is 0 Å². The molecule has 0 atom stereocenters. The lowest BCUT2D eigenvalue weighted by atomic mass is 10.1. The van der Waals surface area contributed by atoms with Gasteiger partial charge in [0.2, 0.25) is 0 Å². The first-order valence-electron chi connectivity index (χ1n) is 8.45. The monoisotopic (exact) mass is 401 g/mol. The summed E-state index contributed by atoms with van der Waals surface area (Å²) in [7, 11) is 4.69. The number of anilines is 1. The topological polar surface area (TPSA) is 74.6 Å². The second-order valence-electron chi connectivity index (χ2n) is 5.80. The first kappa shape index (κ1) is 19.6. The molecule has 0 unspecified atom stereocenters. The molecule has 0 saturated carbocycles. The largest absolute Gasteiger partial charge is 0.496 e. The van der Waals surface area contributed by atoms with Gasteiger partial charge in [-0.05, 0) is 18.2 Å². The van der Waals surface area contributed by atoms with Crippen molar-refractivity contribution in [2.75, 3.05) is 26.6 Å². The summed E-state index contributed by atoms with van der Waals surface area (Å²) in [6, 6.07) is 12.6. The molecule has 0 aliphatic heterocycles. The van der Waals surface area contributed by atoms with Gasteiger partial charge in [0.1, 0.15) is 10.8 Å². The first-order chi connectivity index (χ1) is 13.6. The molecule has 0 saturated heterocycles. The summed E-state index contributed by atoms with van der Waals surface area (Å²) >= 11 is 6.28. The molecule has 0 bridgehead atoms. The van der Waals surface area contributed by atoms with Crippen LogP contribution in [0.25, 0.3) is 5.69 Å². The fourth-order valence-electron chi connectivity index (χ4n) is 2.73. The molecule has 0 amide bonds. The summed E-state index contributed by atoms with van der Waals surface area (Å²) in [6.07, 6.45) is 1.52. The first-order valence-corrected chi connectivity index (χ1v) is 8.82. The molecule has 0 fully saturated rings. The third-order valence-corrected chi connectivity index (χ3v) is 4.54. The molecule has 1 aromatic heterocycles. The van der Waals surface area contributed by atoms with Crippen molar-refractivity contribution >= 4 is 17.3 Å². The predicted octanol–water partition coefficient (Wildman–Crippen LogP) is 3.52. The van der Waals surface area contributed by atoms with Gasteiger partial charge in [0.05, 0.1) is 38.9 Å². The molecule has 0 aliphatic rings.